The molecule has 0 radical (unpaired) electrons. The smallest absolute Gasteiger partial charge is 0.220 e. The van der Waals surface area contributed by atoms with Crippen molar-refractivity contribution in [3.05, 3.63) is 52.3 Å². The normalized spacial score (nSPS) is 15.5. The summed E-state index contributed by atoms with van der Waals surface area (Å²) in [5.41, 5.74) is 5.80. The van der Waals surface area contributed by atoms with Crippen molar-refractivity contribution in [3.63, 3.8) is 0 Å². The lowest BCUT2D eigenvalue weighted by atomic mass is 10.1. The monoisotopic (exact) mass is 426 g/mol. The van der Waals surface area contributed by atoms with Crippen molar-refractivity contribution in [2.45, 2.75) is 79.1 Å². The third-order valence-electron chi connectivity index (χ3n) is 6.15. The molecule has 0 unspecified atom stereocenters. The SMILES string of the molecule is Cc1nn(CC(C)C)c(C)c1CCC(=O)NCc1ccc(CN2CCC(O)CC2)cc1. The molecule has 1 amide bonds. The van der Waals surface area contributed by atoms with Gasteiger partial charge in [0.15, 0.2) is 0 Å². The van der Waals surface area contributed by atoms with Crippen LogP contribution in [0.15, 0.2) is 24.3 Å². The van der Waals surface area contributed by atoms with Gasteiger partial charge in [0, 0.05) is 44.8 Å². The summed E-state index contributed by atoms with van der Waals surface area (Å²) in [6.07, 6.45) is 2.80. The Morgan fingerprint density at radius 3 is 2.45 bits per heavy atom. The Morgan fingerprint density at radius 2 is 1.81 bits per heavy atom. The van der Waals surface area contributed by atoms with E-state index in [1.165, 1.54) is 16.8 Å². The van der Waals surface area contributed by atoms with Gasteiger partial charge in [0.1, 0.15) is 0 Å². The first-order valence-electron chi connectivity index (χ1n) is 11.6. The van der Waals surface area contributed by atoms with Crippen LogP contribution in [0.3, 0.4) is 0 Å². The number of aliphatic hydroxyl groups is 1. The van der Waals surface area contributed by atoms with Crippen molar-refractivity contribution in [3.8, 4) is 0 Å². The fourth-order valence-electron chi connectivity index (χ4n) is 4.25. The molecule has 6 heteroatoms. The molecular formula is C25H38N4O2. The molecule has 0 saturated carbocycles. The van der Waals surface area contributed by atoms with Gasteiger partial charge in [-0.1, -0.05) is 38.1 Å². The number of nitrogens with one attached hydrogen (secondary N) is 1. The van der Waals surface area contributed by atoms with Crippen molar-refractivity contribution in [2.24, 2.45) is 5.92 Å². The number of aromatic nitrogens is 2. The molecule has 0 aliphatic carbocycles. The lowest BCUT2D eigenvalue weighted by Gasteiger charge is -2.29. The van der Waals surface area contributed by atoms with E-state index in [2.05, 4.69) is 65.0 Å². The van der Waals surface area contributed by atoms with Crippen molar-refractivity contribution in [1.29, 1.82) is 0 Å². The van der Waals surface area contributed by atoms with Crippen LogP contribution < -0.4 is 5.32 Å². The summed E-state index contributed by atoms with van der Waals surface area (Å²) in [5, 5.41) is 17.3. The Morgan fingerprint density at radius 1 is 1.16 bits per heavy atom. The van der Waals surface area contributed by atoms with Crippen LogP contribution in [0.2, 0.25) is 0 Å². The Kier molecular flexibility index (Phi) is 8.27. The van der Waals surface area contributed by atoms with Gasteiger partial charge in [-0.25, -0.2) is 0 Å². The first-order valence-corrected chi connectivity index (χ1v) is 11.6. The predicted molar refractivity (Wildman–Crippen MR) is 124 cm³/mol. The lowest BCUT2D eigenvalue weighted by molar-refractivity contribution is -0.121. The molecule has 0 spiro atoms. The van der Waals surface area contributed by atoms with Gasteiger partial charge in [0.2, 0.25) is 5.91 Å². The van der Waals surface area contributed by atoms with Gasteiger partial charge in [-0.3, -0.25) is 14.4 Å². The van der Waals surface area contributed by atoms with Crippen molar-refractivity contribution >= 4 is 5.91 Å². The number of piperidine rings is 1. The van der Waals surface area contributed by atoms with Crippen molar-refractivity contribution in [2.75, 3.05) is 13.1 Å². The summed E-state index contributed by atoms with van der Waals surface area (Å²) >= 11 is 0. The Balaban J connectivity index is 1.43. The van der Waals surface area contributed by atoms with E-state index in [1.54, 1.807) is 0 Å². The number of nitrogens with zero attached hydrogens (tertiary/aromatic N) is 3. The highest BCUT2D eigenvalue weighted by molar-refractivity contribution is 5.76. The van der Waals surface area contributed by atoms with E-state index >= 15 is 0 Å². The average molecular weight is 427 g/mol. The van der Waals surface area contributed by atoms with Gasteiger partial charge in [-0.2, -0.15) is 5.10 Å². The minimum absolute atomic E-state index is 0.0753. The van der Waals surface area contributed by atoms with Crippen LogP contribution in [0.5, 0.6) is 0 Å². The number of benzene rings is 1. The number of hydrogen-bond donors (Lipinski definition) is 2. The van der Waals surface area contributed by atoms with Gasteiger partial charge >= 0.3 is 0 Å². The molecule has 2 N–H and O–H groups in total. The van der Waals surface area contributed by atoms with Crippen LogP contribution in [-0.4, -0.2) is 44.9 Å². The quantitative estimate of drug-likeness (QED) is 0.645. The molecule has 0 atom stereocenters. The second-order valence-electron chi connectivity index (χ2n) is 9.33. The Labute approximate surface area is 186 Å². The molecule has 1 aromatic carbocycles. The summed E-state index contributed by atoms with van der Waals surface area (Å²) in [7, 11) is 0. The summed E-state index contributed by atoms with van der Waals surface area (Å²) in [5.74, 6) is 0.625. The van der Waals surface area contributed by atoms with Crippen molar-refractivity contribution in [1.82, 2.24) is 20.0 Å². The second kappa shape index (κ2) is 10.9. The summed E-state index contributed by atoms with van der Waals surface area (Å²) in [6.45, 7) is 12.8. The molecule has 31 heavy (non-hydrogen) atoms. The van der Waals surface area contributed by atoms with E-state index in [1.807, 2.05) is 6.92 Å². The zero-order chi connectivity index (χ0) is 22.4. The first-order chi connectivity index (χ1) is 14.8. The van der Waals surface area contributed by atoms with E-state index in [9.17, 15) is 9.90 Å². The van der Waals surface area contributed by atoms with Gasteiger partial charge in [-0.15, -0.1) is 0 Å². The van der Waals surface area contributed by atoms with Crippen LogP contribution in [0.25, 0.3) is 0 Å². The fourth-order valence-corrected chi connectivity index (χ4v) is 4.25. The second-order valence-corrected chi connectivity index (χ2v) is 9.33. The van der Waals surface area contributed by atoms with Gasteiger partial charge < -0.3 is 10.4 Å². The summed E-state index contributed by atoms with van der Waals surface area (Å²) < 4.78 is 2.07. The topological polar surface area (TPSA) is 70.4 Å². The molecule has 1 fully saturated rings. The van der Waals surface area contributed by atoms with Gasteiger partial charge in [0.05, 0.1) is 11.8 Å². The zero-order valence-corrected chi connectivity index (χ0v) is 19.5. The van der Waals surface area contributed by atoms with Crippen LogP contribution in [0.1, 0.15) is 61.2 Å². The van der Waals surface area contributed by atoms with Crippen LogP contribution in [-0.2, 0) is 30.8 Å². The van der Waals surface area contributed by atoms with Crippen molar-refractivity contribution < 1.29 is 9.90 Å². The molecule has 2 aromatic rings. The van der Waals surface area contributed by atoms with Gasteiger partial charge in [0.25, 0.3) is 0 Å². The summed E-state index contributed by atoms with van der Waals surface area (Å²) in [6, 6.07) is 8.47. The zero-order valence-electron chi connectivity index (χ0n) is 19.5. The van der Waals surface area contributed by atoms with E-state index in [-0.39, 0.29) is 12.0 Å². The highest BCUT2D eigenvalue weighted by Crippen LogP contribution is 2.17. The minimum atomic E-state index is -0.133. The molecule has 1 aliphatic heterocycles. The number of amides is 1. The number of carbonyl (C=O) groups excluding carboxylic acids is 1. The third kappa shape index (κ3) is 6.91. The van der Waals surface area contributed by atoms with E-state index < -0.39 is 0 Å². The molecule has 2 heterocycles. The highest BCUT2D eigenvalue weighted by atomic mass is 16.3. The molecule has 1 aliphatic rings. The number of carbonyl (C=O) groups is 1. The number of hydrogen-bond acceptors (Lipinski definition) is 4. The maximum absolute atomic E-state index is 12.4. The first kappa shape index (κ1) is 23.5. The van der Waals surface area contributed by atoms with E-state index in [4.69, 9.17) is 0 Å². The predicted octanol–water partition coefficient (Wildman–Crippen LogP) is 3.36. The average Bonchev–Trinajstić information content (AvgIpc) is 2.99. The highest BCUT2D eigenvalue weighted by Gasteiger charge is 2.17. The largest absolute Gasteiger partial charge is 0.393 e. The molecule has 3 rings (SSSR count). The number of aliphatic hydroxyl groups excluding tert-OH is 1. The minimum Gasteiger partial charge on any atom is -0.393 e. The third-order valence-corrected chi connectivity index (χ3v) is 6.15. The Hall–Kier alpha value is -2.18. The molecule has 170 valence electrons. The van der Waals surface area contributed by atoms with E-state index in [0.29, 0.717) is 18.9 Å². The maximum Gasteiger partial charge on any atom is 0.220 e. The van der Waals surface area contributed by atoms with Gasteiger partial charge in [-0.05, 0) is 55.7 Å². The standard InChI is InChI=1S/C25H38N4O2/c1-18(2)16-29-20(4)24(19(3)27-29)9-10-25(31)26-15-21-5-7-22(8-6-21)17-28-13-11-23(30)12-14-28/h5-8,18,23,30H,9-17H2,1-4H3,(H,26,31). The lowest BCUT2D eigenvalue weighted by Crippen LogP contribution is -2.35. The number of likely N-dealkylation sites (tertiary alicyclic amines) is 1. The number of rotatable bonds is 9. The molecular weight excluding hydrogens is 388 g/mol. The molecule has 1 saturated heterocycles. The maximum atomic E-state index is 12.4. The molecule has 0 bridgehead atoms. The van der Waals surface area contributed by atoms with Crippen LogP contribution >= 0.6 is 0 Å². The molecule has 1 aromatic heterocycles. The van der Waals surface area contributed by atoms with Crippen LogP contribution in [0.4, 0.5) is 0 Å². The van der Waals surface area contributed by atoms with Crippen LogP contribution in [0, 0.1) is 19.8 Å². The number of aryl methyl sites for hydroxylation is 1. The Bertz CT molecular complexity index is 849. The fraction of sp³-hybridized carbons (Fsp3) is 0.600. The summed E-state index contributed by atoms with van der Waals surface area (Å²) in [4.78, 5) is 14.8. The molecule has 6 nitrogen and oxygen atoms in total. The van der Waals surface area contributed by atoms with E-state index in [0.717, 1.165) is 56.7 Å².